The van der Waals surface area contributed by atoms with Gasteiger partial charge in [-0.2, -0.15) is 0 Å². The molecule has 0 radical (unpaired) electrons. The van der Waals surface area contributed by atoms with Crippen LogP contribution in [0.5, 0.6) is 0 Å². The maximum absolute atomic E-state index is 11.9. The summed E-state index contributed by atoms with van der Waals surface area (Å²) in [5, 5.41) is 0. The molecule has 0 saturated carbocycles. The minimum absolute atomic E-state index is 0.206. The third kappa shape index (κ3) is 5.18. The summed E-state index contributed by atoms with van der Waals surface area (Å²) in [6.07, 6.45) is 10.8. The molecule has 2 aliphatic rings. The van der Waals surface area contributed by atoms with Crippen molar-refractivity contribution in [3.05, 3.63) is 46.1 Å². The zero-order chi connectivity index (χ0) is 18.4. The Morgan fingerprint density at radius 1 is 1.04 bits per heavy atom. The van der Waals surface area contributed by atoms with Crippen LogP contribution in [0.15, 0.2) is 46.1 Å². The van der Waals surface area contributed by atoms with E-state index in [4.69, 9.17) is 9.47 Å². The van der Waals surface area contributed by atoms with Crippen molar-refractivity contribution in [2.75, 3.05) is 7.11 Å². The van der Waals surface area contributed by atoms with E-state index in [9.17, 15) is 9.59 Å². The van der Waals surface area contributed by atoms with Gasteiger partial charge in [0.25, 0.3) is 0 Å². The molecule has 136 valence electrons. The van der Waals surface area contributed by atoms with E-state index >= 15 is 0 Å². The molecule has 0 aromatic carbocycles. The summed E-state index contributed by atoms with van der Waals surface area (Å²) >= 11 is 0. The lowest BCUT2D eigenvalue weighted by Crippen LogP contribution is -2.10. The molecule has 0 N–H and O–H groups in total. The quantitative estimate of drug-likeness (QED) is 0.516. The molecule has 0 aromatic rings. The van der Waals surface area contributed by atoms with Gasteiger partial charge in [0, 0.05) is 11.1 Å². The van der Waals surface area contributed by atoms with Gasteiger partial charge in [-0.3, -0.25) is 0 Å². The molecule has 0 spiro atoms. The monoisotopic (exact) mass is 344 g/mol. The molecule has 2 rings (SSSR count). The lowest BCUT2D eigenvalue weighted by atomic mass is 9.95. The topological polar surface area (TPSA) is 52.6 Å². The summed E-state index contributed by atoms with van der Waals surface area (Å²) in [6.45, 7) is 5.99. The minimum Gasteiger partial charge on any atom is -0.466 e. The molecular weight excluding hydrogens is 316 g/mol. The maximum Gasteiger partial charge on any atom is 0.334 e. The van der Waals surface area contributed by atoms with Crippen molar-refractivity contribution in [2.24, 2.45) is 0 Å². The summed E-state index contributed by atoms with van der Waals surface area (Å²) in [5.41, 5.74) is 5.01. The molecule has 0 bridgehead atoms. The van der Waals surface area contributed by atoms with E-state index in [0.717, 1.165) is 54.4 Å². The standard InChI is InChI=1S/C21H28O4/c1-14-7-5-9-17(21(23)24-4)10-6-8-15(2)13-19-18(12-11-14)16(3)20(22)25-19/h7,10,13,19H,5-6,8-9,11-12H2,1-4H3/b14-7+,15-13+,17-10-. The van der Waals surface area contributed by atoms with Crippen LogP contribution >= 0.6 is 0 Å². The van der Waals surface area contributed by atoms with E-state index in [2.05, 4.69) is 13.0 Å². The van der Waals surface area contributed by atoms with Crippen LogP contribution < -0.4 is 0 Å². The van der Waals surface area contributed by atoms with E-state index in [1.54, 1.807) is 0 Å². The van der Waals surface area contributed by atoms with Crippen molar-refractivity contribution >= 4 is 11.9 Å². The van der Waals surface area contributed by atoms with Gasteiger partial charge in [0.05, 0.1) is 7.11 Å². The van der Waals surface area contributed by atoms with Gasteiger partial charge < -0.3 is 9.47 Å². The second-order valence-corrected chi connectivity index (χ2v) is 6.84. The number of hydrogen-bond donors (Lipinski definition) is 0. The summed E-state index contributed by atoms with van der Waals surface area (Å²) in [6, 6.07) is 0. The Morgan fingerprint density at radius 2 is 1.76 bits per heavy atom. The fraction of sp³-hybridized carbons (Fsp3) is 0.524. The lowest BCUT2D eigenvalue weighted by Gasteiger charge is -2.13. The third-order valence-corrected chi connectivity index (χ3v) is 4.87. The van der Waals surface area contributed by atoms with Crippen LogP contribution in [0.1, 0.15) is 59.3 Å². The summed E-state index contributed by atoms with van der Waals surface area (Å²) < 4.78 is 10.4. The Morgan fingerprint density at radius 3 is 2.48 bits per heavy atom. The molecule has 1 unspecified atom stereocenters. The molecule has 25 heavy (non-hydrogen) atoms. The molecule has 1 aliphatic carbocycles. The number of esters is 2. The number of hydrogen-bond acceptors (Lipinski definition) is 4. The van der Waals surface area contributed by atoms with Gasteiger partial charge in [-0.1, -0.05) is 23.3 Å². The molecular formula is C21H28O4. The Hall–Kier alpha value is -2.10. The van der Waals surface area contributed by atoms with Crippen LogP contribution in [0.2, 0.25) is 0 Å². The predicted molar refractivity (Wildman–Crippen MR) is 97.9 cm³/mol. The van der Waals surface area contributed by atoms with Crippen molar-refractivity contribution in [2.45, 2.75) is 65.4 Å². The van der Waals surface area contributed by atoms with Crippen molar-refractivity contribution < 1.29 is 19.1 Å². The van der Waals surface area contributed by atoms with E-state index in [1.165, 1.54) is 12.7 Å². The highest BCUT2D eigenvalue weighted by atomic mass is 16.5. The fourth-order valence-electron chi connectivity index (χ4n) is 3.23. The van der Waals surface area contributed by atoms with E-state index < -0.39 is 0 Å². The minimum atomic E-state index is -0.245. The van der Waals surface area contributed by atoms with Crippen LogP contribution in [0.4, 0.5) is 0 Å². The number of allylic oxidation sites excluding steroid dienone is 4. The summed E-state index contributed by atoms with van der Waals surface area (Å²) in [4.78, 5) is 23.8. The third-order valence-electron chi connectivity index (χ3n) is 4.87. The molecule has 0 saturated heterocycles. The second-order valence-electron chi connectivity index (χ2n) is 6.84. The number of rotatable bonds is 1. The first-order valence-corrected chi connectivity index (χ1v) is 8.93. The zero-order valence-electron chi connectivity index (χ0n) is 15.7. The number of carbonyl (C=O) groups excluding carboxylic acids is 2. The first kappa shape index (κ1) is 19.2. The van der Waals surface area contributed by atoms with Gasteiger partial charge in [-0.25, -0.2) is 9.59 Å². The fourth-order valence-corrected chi connectivity index (χ4v) is 3.23. The van der Waals surface area contributed by atoms with E-state index in [1.807, 2.05) is 26.0 Å². The normalized spacial score (nSPS) is 29.2. The van der Waals surface area contributed by atoms with Gasteiger partial charge >= 0.3 is 11.9 Å². The Bertz CT molecular complexity index is 661. The molecule has 1 atom stereocenters. The molecule has 1 heterocycles. The first-order chi connectivity index (χ1) is 11.9. The molecule has 0 fully saturated rings. The zero-order valence-corrected chi connectivity index (χ0v) is 15.7. The van der Waals surface area contributed by atoms with E-state index in [-0.39, 0.29) is 18.0 Å². The second kappa shape index (κ2) is 8.84. The highest BCUT2D eigenvalue weighted by molar-refractivity contribution is 5.92. The summed E-state index contributed by atoms with van der Waals surface area (Å²) in [5.74, 6) is -0.451. The van der Waals surface area contributed by atoms with Gasteiger partial charge in [0.2, 0.25) is 0 Å². The Labute approximate surface area is 150 Å². The number of fused-ring (bicyclic) bond motifs is 1. The Balaban J connectivity index is 2.26. The van der Waals surface area contributed by atoms with Crippen LogP contribution in [-0.4, -0.2) is 25.2 Å². The molecule has 0 aromatic heterocycles. The van der Waals surface area contributed by atoms with Crippen molar-refractivity contribution in [3.8, 4) is 0 Å². The van der Waals surface area contributed by atoms with Crippen LogP contribution in [0.3, 0.4) is 0 Å². The average Bonchev–Trinajstić information content (AvgIpc) is 2.84. The molecule has 4 nitrogen and oxygen atoms in total. The predicted octanol–water partition coefficient (Wildman–Crippen LogP) is 4.57. The van der Waals surface area contributed by atoms with Crippen LogP contribution in [0.25, 0.3) is 0 Å². The van der Waals surface area contributed by atoms with Crippen molar-refractivity contribution in [1.29, 1.82) is 0 Å². The number of carbonyl (C=O) groups is 2. The lowest BCUT2D eigenvalue weighted by molar-refractivity contribution is -0.138. The SMILES string of the molecule is COC(=O)/C1=C\CC/C(C)=C/C2OC(=O)C(C)=C2CC/C(C)=C/CC1. The highest BCUT2D eigenvalue weighted by Gasteiger charge is 2.29. The Kier molecular flexibility index (Phi) is 6.80. The van der Waals surface area contributed by atoms with Crippen molar-refractivity contribution in [1.82, 2.24) is 0 Å². The highest BCUT2D eigenvalue weighted by Crippen LogP contribution is 2.30. The van der Waals surface area contributed by atoms with Crippen LogP contribution in [0, 0.1) is 0 Å². The van der Waals surface area contributed by atoms with Crippen molar-refractivity contribution in [3.63, 3.8) is 0 Å². The number of ether oxygens (including phenoxy) is 2. The molecule has 4 heteroatoms. The van der Waals surface area contributed by atoms with Gasteiger partial charge in [-0.15, -0.1) is 0 Å². The largest absolute Gasteiger partial charge is 0.466 e. The number of methoxy groups -OCH3 is 1. The average molecular weight is 344 g/mol. The summed E-state index contributed by atoms with van der Waals surface area (Å²) in [7, 11) is 1.42. The first-order valence-electron chi connectivity index (χ1n) is 8.93. The smallest absolute Gasteiger partial charge is 0.334 e. The van der Waals surface area contributed by atoms with Gasteiger partial charge in [0.15, 0.2) is 0 Å². The van der Waals surface area contributed by atoms with Crippen LogP contribution in [-0.2, 0) is 19.1 Å². The molecule has 1 aliphatic heterocycles. The van der Waals surface area contributed by atoms with E-state index in [0.29, 0.717) is 6.42 Å². The van der Waals surface area contributed by atoms with Gasteiger partial charge in [0.1, 0.15) is 6.10 Å². The molecule has 0 amide bonds. The maximum atomic E-state index is 11.9. The van der Waals surface area contributed by atoms with Gasteiger partial charge in [-0.05, 0) is 70.9 Å².